The molecular formula is C26H26FN3O3. The molecule has 2 aromatic carbocycles. The van der Waals surface area contributed by atoms with Crippen LogP contribution in [0.15, 0.2) is 65.1 Å². The summed E-state index contributed by atoms with van der Waals surface area (Å²) in [4.78, 5) is 15.1. The largest absolute Gasteiger partial charge is 0.493 e. The van der Waals surface area contributed by atoms with Crippen LogP contribution in [0.25, 0.3) is 0 Å². The van der Waals surface area contributed by atoms with Crippen molar-refractivity contribution < 1.29 is 18.7 Å². The standard InChI is InChI=1S/C26H26FN3O3/c1-26(2)12-19-24(20(31)13-26)23(15-9-10-21(32-3)22(11-15)33-4)16(14-28)25(29)30(19)18-8-6-5-7-17(18)27/h5-11,23H,12-13,29H2,1-4H3. The van der Waals surface area contributed by atoms with Gasteiger partial charge in [0.2, 0.25) is 0 Å². The molecular weight excluding hydrogens is 421 g/mol. The van der Waals surface area contributed by atoms with Crippen LogP contribution >= 0.6 is 0 Å². The van der Waals surface area contributed by atoms with Crippen LogP contribution in [0.3, 0.4) is 0 Å². The first kappa shape index (κ1) is 22.4. The highest BCUT2D eigenvalue weighted by Gasteiger charge is 2.45. The number of hydrogen-bond acceptors (Lipinski definition) is 6. The summed E-state index contributed by atoms with van der Waals surface area (Å²) in [5, 5.41) is 10.1. The normalized spacial score (nSPS) is 19.8. The Morgan fingerprint density at radius 2 is 1.82 bits per heavy atom. The van der Waals surface area contributed by atoms with E-state index in [-0.39, 0.29) is 28.3 Å². The topological polar surface area (TPSA) is 88.6 Å². The Bertz CT molecular complexity index is 1240. The third kappa shape index (κ3) is 3.72. The van der Waals surface area contributed by atoms with Crippen molar-refractivity contribution in [3.8, 4) is 17.6 Å². The van der Waals surface area contributed by atoms with Crippen molar-refractivity contribution in [3.63, 3.8) is 0 Å². The Balaban J connectivity index is 2.01. The number of Topliss-reactive ketones (excluding diaryl/α,β-unsaturated/α-hetero) is 1. The van der Waals surface area contributed by atoms with E-state index in [1.54, 1.807) is 41.3 Å². The number of para-hydroxylation sites is 1. The molecule has 7 heteroatoms. The lowest BCUT2D eigenvalue weighted by Gasteiger charge is -2.43. The molecule has 2 N–H and O–H groups in total. The number of nitrogens with zero attached hydrogens (tertiary/aromatic N) is 2. The first-order chi connectivity index (χ1) is 15.7. The van der Waals surface area contributed by atoms with Gasteiger partial charge in [0.25, 0.3) is 0 Å². The fraction of sp³-hybridized carbons (Fsp3) is 0.308. The highest BCUT2D eigenvalue weighted by Crippen LogP contribution is 2.51. The Hall–Kier alpha value is -3.79. The molecule has 0 bridgehead atoms. The predicted molar refractivity (Wildman–Crippen MR) is 123 cm³/mol. The van der Waals surface area contributed by atoms with Crippen LogP contribution in [0, 0.1) is 22.6 Å². The van der Waals surface area contributed by atoms with Crippen LogP contribution in [-0.4, -0.2) is 20.0 Å². The fourth-order valence-corrected chi connectivity index (χ4v) is 4.78. The highest BCUT2D eigenvalue weighted by molar-refractivity contribution is 6.01. The van der Waals surface area contributed by atoms with E-state index >= 15 is 0 Å². The molecule has 1 heterocycles. The molecule has 6 nitrogen and oxygen atoms in total. The van der Waals surface area contributed by atoms with Crippen LogP contribution in [0.2, 0.25) is 0 Å². The van der Waals surface area contributed by atoms with Gasteiger partial charge in [-0.15, -0.1) is 0 Å². The second-order valence-electron chi connectivity index (χ2n) is 9.05. The lowest BCUT2D eigenvalue weighted by Crippen LogP contribution is -2.42. The quantitative estimate of drug-likeness (QED) is 0.725. The number of carbonyl (C=O) groups is 1. The third-order valence-corrected chi connectivity index (χ3v) is 6.22. The number of nitrogens with two attached hydrogens (primary N) is 1. The van der Waals surface area contributed by atoms with Crippen molar-refractivity contribution in [2.75, 3.05) is 19.1 Å². The SMILES string of the molecule is COc1ccc(C2C(C#N)=C(N)N(c3ccccc3F)C3=C2C(=O)CC(C)(C)C3)cc1OC. The van der Waals surface area contributed by atoms with Gasteiger partial charge in [0.15, 0.2) is 17.3 Å². The zero-order valence-corrected chi connectivity index (χ0v) is 19.1. The maximum Gasteiger partial charge on any atom is 0.162 e. The summed E-state index contributed by atoms with van der Waals surface area (Å²) in [7, 11) is 3.06. The zero-order chi connectivity index (χ0) is 23.9. The minimum absolute atomic E-state index is 0.0809. The third-order valence-electron chi connectivity index (χ3n) is 6.22. The summed E-state index contributed by atoms with van der Waals surface area (Å²) in [6.07, 6.45) is 0.824. The summed E-state index contributed by atoms with van der Waals surface area (Å²) in [5.74, 6) is -0.116. The molecule has 1 atom stereocenters. The minimum atomic E-state index is -0.684. The average Bonchev–Trinajstić information content (AvgIpc) is 2.78. The molecule has 0 saturated heterocycles. The molecule has 2 aromatic rings. The van der Waals surface area contributed by atoms with E-state index in [9.17, 15) is 14.4 Å². The summed E-state index contributed by atoms with van der Waals surface area (Å²) in [5.41, 5.74) is 8.38. The zero-order valence-electron chi connectivity index (χ0n) is 19.1. The van der Waals surface area contributed by atoms with Crippen molar-refractivity contribution >= 4 is 11.5 Å². The molecule has 1 aliphatic carbocycles. The Morgan fingerprint density at radius 1 is 1.12 bits per heavy atom. The number of ketones is 1. The lowest BCUT2D eigenvalue weighted by atomic mass is 9.68. The van der Waals surface area contributed by atoms with Gasteiger partial charge in [-0.3, -0.25) is 9.69 Å². The molecule has 33 heavy (non-hydrogen) atoms. The summed E-state index contributed by atoms with van der Waals surface area (Å²) in [6, 6.07) is 13.7. The van der Waals surface area contributed by atoms with E-state index in [1.807, 2.05) is 13.8 Å². The number of benzene rings is 2. The fourth-order valence-electron chi connectivity index (χ4n) is 4.78. The van der Waals surface area contributed by atoms with Crippen molar-refractivity contribution in [3.05, 3.63) is 76.5 Å². The number of anilines is 1. The van der Waals surface area contributed by atoms with Crippen molar-refractivity contribution in [1.29, 1.82) is 5.26 Å². The molecule has 0 spiro atoms. The van der Waals surface area contributed by atoms with Crippen LogP contribution in [0.5, 0.6) is 11.5 Å². The van der Waals surface area contributed by atoms with E-state index in [2.05, 4.69) is 6.07 Å². The number of halogens is 1. The molecule has 0 fully saturated rings. The first-order valence-corrected chi connectivity index (χ1v) is 10.6. The summed E-state index contributed by atoms with van der Waals surface area (Å²) in [6.45, 7) is 4.00. The van der Waals surface area contributed by atoms with Gasteiger partial charge in [0.05, 0.1) is 37.5 Å². The summed E-state index contributed by atoms with van der Waals surface area (Å²) < 4.78 is 25.7. The van der Waals surface area contributed by atoms with Gasteiger partial charge in [-0.05, 0) is 41.7 Å². The van der Waals surface area contributed by atoms with E-state index in [1.165, 1.54) is 20.3 Å². The van der Waals surface area contributed by atoms with Gasteiger partial charge in [0.1, 0.15) is 11.6 Å². The average molecular weight is 448 g/mol. The minimum Gasteiger partial charge on any atom is -0.493 e. The molecule has 1 unspecified atom stereocenters. The molecule has 0 saturated carbocycles. The van der Waals surface area contributed by atoms with Gasteiger partial charge >= 0.3 is 0 Å². The van der Waals surface area contributed by atoms with Gasteiger partial charge in [-0.25, -0.2) is 4.39 Å². The van der Waals surface area contributed by atoms with Crippen molar-refractivity contribution in [1.82, 2.24) is 0 Å². The van der Waals surface area contributed by atoms with Crippen molar-refractivity contribution in [2.24, 2.45) is 11.1 Å². The number of methoxy groups -OCH3 is 2. The molecule has 0 amide bonds. The molecule has 2 aliphatic rings. The van der Waals surface area contributed by atoms with Gasteiger partial charge < -0.3 is 15.2 Å². The smallest absolute Gasteiger partial charge is 0.162 e. The van der Waals surface area contributed by atoms with Crippen LogP contribution in [0.1, 0.15) is 38.2 Å². The molecule has 0 aromatic heterocycles. The van der Waals surface area contributed by atoms with Crippen molar-refractivity contribution in [2.45, 2.75) is 32.6 Å². The second kappa shape index (κ2) is 8.28. The van der Waals surface area contributed by atoms with Gasteiger partial charge in [-0.1, -0.05) is 32.0 Å². The summed E-state index contributed by atoms with van der Waals surface area (Å²) >= 11 is 0. The number of allylic oxidation sites excluding steroid dienone is 3. The Morgan fingerprint density at radius 3 is 2.45 bits per heavy atom. The van der Waals surface area contributed by atoms with E-state index in [0.717, 1.165) is 0 Å². The maximum atomic E-state index is 14.9. The number of ether oxygens (including phenoxy) is 2. The van der Waals surface area contributed by atoms with E-state index in [0.29, 0.717) is 41.2 Å². The van der Waals surface area contributed by atoms with Crippen LogP contribution in [0.4, 0.5) is 10.1 Å². The number of nitriles is 1. The number of hydrogen-bond donors (Lipinski definition) is 1. The maximum absolute atomic E-state index is 14.9. The molecule has 1 aliphatic heterocycles. The second-order valence-corrected chi connectivity index (χ2v) is 9.05. The Kier molecular flexibility index (Phi) is 5.62. The van der Waals surface area contributed by atoms with E-state index in [4.69, 9.17) is 15.2 Å². The molecule has 4 rings (SSSR count). The van der Waals surface area contributed by atoms with Gasteiger partial charge in [0, 0.05) is 17.7 Å². The highest BCUT2D eigenvalue weighted by atomic mass is 19.1. The monoisotopic (exact) mass is 447 g/mol. The van der Waals surface area contributed by atoms with Gasteiger partial charge in [-0.2, -0.15) is 5.26 Å². The van der Waals surface area contributed by atoms with Crippen LogP contribution < -0.4 is 20.1 Å². The lowest BCUT2D eigenvalue weighted by molar-refractivity contribution is -0.118. The predicted octanol–water partition coefficient (Wildman–Crippen LogP) is 4.78. The molecule has 170 valence electrons. The number of rotatable bonds is 4. The van der Waals surface area contributed by atoms with Crippen LogP contribution in [-0.2, 0) is 4.79 Å². The van der Waals surface area contributed by atoms with E-state index < -0.39 is 11.7 Å². The Labute approximate surface area is 192 Å². The molecule has 0 radical (unpaired) electrons. The number of carbonyl (C=O) groups excluding carboxylic acids is 1. The first-order valence-electron chi connectivity index (χ1n) is 10.6.